The van der Waals surface area contributed by atoms with Crippen LogP contribution < -0.4 is 0 Å². The third-order valence-corrected chi connectivity index (χ3v) is 4.65. The second-order valence-corrected chi connectivity index (χ2v) is 6.28. The largest absolute Gasteiger partial charge is 0.481 e. The van der Waals surface area contributed by atoms with Gasteiger partial charge in [-0.05, 0) is 24.1 Å². The Morgan fingerprint density at radius 1 is 1.32 bits per heavy atom. The van der Waals surface area contributed by atoms with Crippen LogP contribution in [0.1, 0.15) is 16.8 Å². The monoisotopic (exact) mass is 346 g/mol. The zero-order chi connectivity index (χ0) is 18.0. The number of nitrogens with one attached hydrogen (secondary N) is 1. The molecule has 0 radical (unpaired) electrons. The number of likely N-dealkylation sites (tertiary alicyclic amines) is 1. The molecule has 1 amide bonds. The number of aliphatic carboxylic acids is 1. The number of ether oxygens (including phenoxy) is 1. The summed E-state index contributed by atoms with van der Waals surface area (Å²) in [7, 11) is 1.45. The molecule has 0 saturated carbocycles. The van der Waals surface area contributed by atoms with Crippen LogP contribution in [0.2, 0.25) is 0 Å². The maximum Gasteiger partial charge on any atom is 0.313 e. The highest BCUT2D eigenvalue weighted by Gasteiger charge is 2.46. The lowest BCUT2D eigenvalue weighted by molar-refractivity contribution is -0.151. The van der Waals surface area contributed by atoms with Crippen LogP contribution in [-0.4, -0.2) is 53.7 Å². The first-order valence-electron chi connectivity index (χ1n) is 7.91. The van der Waals surface area contributed by atoms with Crippen LogP contribution in [0, 0.1) is 11.2 Å². The van der Waals surface area contributed by atoms with E-state index in [9.17, 15) is 19.1 Å². The Kier molecular flexibility index (Phi) is 4.59. The van der Waals surface area contributed by atoms with E-state index in [2.05, 4.69) is 4.98 Å². The third kappa shape index (κ3) is 3.15. The minimum absolute atomic E-state index is 0.0596. The summed E-state index contributed by atoms with van der Waals surface area (Å²) < 4.78 is 18.2. The second kappa shape index (κ2) is 6.68. The summed E-state index contributed by atoms with van der Waals surface area (Å²) in [6.45, 7) is 0.510. The summed E-state index contributed by atoms with van der Waals surface area (Å²) in [6.07, 6.45) is 3.60. The van der Waals surface area contributed by atoms with Gasteiger partial charge in [-0.3, -0.25) is 9.59 Å². The zero-order valence-electron chi connectivity index (χ0n) is 13.8. The van der Waals surface area contributed by atoms with Crippen molar-refractivity contribution in [2.45, 2.75) is 6.42 Å². The molecule has 2 heterocycles. The Hall–Kier alpha value is -2.67. The average Bonchev–Trinajstić information content (AvgIpc) is 3.23. The van der Waals surface area contributed by atoms with Crippen LogP contribution in [0.15, 0.2) is 36.7 Å². The highest BCUT2D eigenvalue weighted by molar-refractivity contribution is 6.01. The van der Waals surface area contributed by atoms with Crippen molar-refractivity contribution in [3.05, 3.63) is 48.0 Å². The van der Waals surface area contributed by atoms with Crippen molar-refractivity contribution >= 4 is 11.9 Å². The van der Waals surface area contributed by atoms with Crippen LogP contribution >= 0.6 is 0 Å². The number of hydrogen-bond acceptors (Lipinski definition) is 3. The highest BCUT2D eigenvalue weighted by atomic mass is 19.1. The second-order valence-electron chi connectivity index (χ2n) is 6.28. The van der Waals surface area contributed by atoms with Gasteiger partial charge in [0.25, 0.3) is 5.91 Å². The molecule has 1 aliphatic heterocycles. The summed E-state index contributed by atoms with van der Waals surface area (Å²) in [5.41, 5.74) is 0.734. The standard InChI is InChI=1S/C18H19FN2O4/c1-25-11-18(17(23)24)6-7-21(10-18)16(22)15-9-20-8-14(15)12-2-4-13(19)5-3-12/h2-5,8-9,20H,6-7,10-11H2,1H3,(H,23,24). The third-order valence-electron chi connectivity index (χ3n) is 4.65. The molecule has 6 nitrogen and oxygen atoms in total. The number of halogens is 1. The molecule has 2 aromatic rings. The van der Waals surface area contributed by atoms with E-state index >= 15 is 0 Å². The van der Waals surface area contributed by atoms with E-state index in [0.717, 1.165) is 0 Å². The first-order chi connectivity index (χ1) is 12.0. The van der Waals surface area contributed by atoms with Gasteiger partial charge < -0.3 is 19.7 Å². The van der Waals surface area contributed by atoms with Crippen LogP contribution in [0.4, 0.5) is 4.39 Å². The van der Waals surface area contributed by atoms with E-state index in [4.69, 9.17) is 4.74 Å². The van der Waals surface area contributed by atoms with E-state index in [0.29, 0.717) is 29.7 Å². The van der Waals surface area contributed by atoms with Crippen LogP contribution in [-0.2, 0) is 9.53 Å². The molecule has 0 bridgehead atoms. The van der Waals surface area contributed by atoms with Crippen molar-refractivity contribution in [1.82, 2.24) is 9.88 Å². The molecule has 2 N–H and O–H groups in total. The number of hydrogen-bond donors (Lipinski definition) is 2. The Morgan fingerprint density at radius 3 is 2.68 bits per heavy atom. The minimum atomic E-state index is -1.07. The van der Waals surface area contributed by atoms with Gasteiger partial charge in [0, 0.05) is 38.2 Å². The molecule has 25 heavy (non-hydrogen) atoms. The summed E-state index contributed by atoms with van der Waals surface area (Å²) in [5, 5.41) is 9.52. The number of carbonyl (C=O) groups is 2. The number of methoxy groups -OCH3 is 1. The topological polar surface area (TPSA) is 82.6 Å². The number of rotatable bonds is 5. The number of amides is 1. The maximum atomic E-state index is 13.1. The van der Waals surface area contributed by atoms with E-state index in [-0.39, 0.29) is 24.9 Å². The van der Waals surface area contributed by atoms with Gasteiger partial charge in [0.05, 0.1) is 12.2 Å². The quantitative estimate of drug-likeness (QED) is 0.871. The molecule has 1 atom stereocenters. The number of aromatic nitrogens is 1. The number of carboxylic acids is 1. The van der Waals surface area contributed by atoms with Gasteiger partial charge >= 0.3 is 5.97 Å². The van der Waals surface area contributed by atoms with E-state index in [1.54, 1.807) is 24.5 Å². The fraction of sp³-hybridized carbons (Fsp3) is 0.333. The Bertz CT molecular complexity index is 787. The number of aromatic amines is 1. The smallest absolute Gasteiger partial charge is 0.313 e. The summed E-state index contributed by atoms with van der Waals surface area (Å²) in [4.78, 5) is 28.9. The molecule has 1 aliphatic rings. The lowest BCUT2D eigenvalue weighted by Gasteiger charge is -2.23. The predicted molar refractivity (Wildman–Crippen MR) is 88.7 cm³/mol. The van der Waals surface area contributed by atoms with Crippen molar-refractivity contribution in [3.63, 3.8) is 0 Å². The molecule has 7 heteroatoms. The summed E-state index contributed by atoms with van der Waals surface area (Å²) >= 11 is 0. The van der Waals surface area contributed by atoms with Crippen molar-refractivity contribution in [2.24, 2.45) is 5.41 Å². The zero-order valence-corrected chi connectivity index (χ0v) is 13.8. The Labute approximate surface area is 144 Å². The van der Waals surface area contributed by atoms with E-state index in [1.807, 2.05) is 0 Å². The fourth-order valence-corrected chi connectivity index (χ4v) is 3.26. The highest BCUT2D eigenvalue weighted by Crippen LogP contribution is 2.33. The van der Waals surface area contributed by atoms with E-state index in [1.165, 1.54) is 24.1 Å². The average molecular weight is 346 g/mol. The Morgan fingerprint density at radius 2 is 2.04 bits per heavy atom. The van der Waals surface area contributed by atoms with Crippen LogP contribution in [0.3, 0.4) is 0 Å². The van der Waals surface area contributed by atoms with Gasteiger partial charge in [-0.15, -0.1) is 0 Å². The molecule has 1 fully saturated rings. The molecule has 1 unspecified atom stereocenters. The van der Waals surface area contributed by atoms with Gasteiger partial charge in [0.15, 0.2) is 0 Å². The van der Waals surface area contributed by atoms with Crippen LogP contribution in [0.5, 0.6) is 0 Å². The maximum absolute atomic E-state index is 13.1. The fourth-order valence-electron chi connectivity index (χ4n) is 3.26. The van der Waals surface area contributed by atoms with Gasteiger partial charge in [0.1, 0.15) is 11.2 Å². The molecular formula is C18H19FN2O4. The number of H-pyrrole nitrogens is 1. The van der Waals surface area contributed by atoms with Gasteiger partial charge in [-0.1, -0.05) is 12.1 Å². The van der Waals surface area contributed by atoms with E-state index < -0.39 is 11.4 Å². The van der Waals surface area contributed by atoms with Crippen molar-refractivity contribution in [2.75, 3.05) is 26.8 Å². The molecule has 1 aromatic heterocycles. The van der Waals surface area contributed by atoms with Crippen molar-refractivity contribution in [3.8, 4) is 11.1 Å². The van der Waals surface area contributed by atoms with Gasteiger partial charge in [-0.25, -0.2) is 4.39 Å². The number of carboxylic acid groups (broad SMARTS) is 1. The first kappa shape index (κ1) is 17.2. The Balaban J connectivity index is 1.85. The lowest BCUT2D eigenvalue weighted by atomic mass is 9.88. The molecule has 0 aliphatic carbocycles. The summed E-state index contributed by atoms with van der Waals surface area (Å²) in [6, 6.07) is 5.87. The van der Waals surface area contributed by atoms with Gasteiger partial charge in [-0.2, -0.15) is 0 Å². The first-order valence-corrected chi connectivity index (χ1v) is 7.91. The number of nitrogens with zero attached hydrogens (tertiary/aromatic N) is 1. The minimum Gasteiger partial charge on any atom is -0.481 e. The normalized spacial score (nSPS) is 20.0. The molecule has 0 spiro atoms. The molecule has 1 saturated heterocycles. The van der Waals surface area contributed by atoms with Crippen molar-refractivity contribution in [1.29, 1.82) is 0 Å². The van der Waals surface area contributed by atoms with Crippen LogP contribution in [0.25, 0.3) is 11.1 Å². The predicted octanol–water partition coefficient (Wildman–Crippen LogP) is 2.38. The number of carbonyl (C=O) groups excluding carboxylic acids is 1. The molecular weight excluding hydrogens is 327 g/mol. The molecule has 3 rings (SSSR count). The van der Waals surface area contributed by atoms with Crippen molar-refractivity contribution < 1.29 is 23.8 Å². The number of benzene rings is 1. The molecule has 132 valence electrons. The molecule has 1 aromatic carbocycles. The lowest BCUT2D eigenvalue weighted by Crippen LogP contribution is -2.40. The van der Waals surface area contributed by atoms with Gasteiger partial charge in [0.2, 0.25) is 0 Å². The SMILES string of the molecule is COCC1(C(=O)O)CCN(C(=O)c2c[nH]cc2-c2ccc(F)cc2)C1. The summed E-state index contributed by atoms with van der Waals surface area (Å²) in [5.74, 6) is -1.56.